The largest absolute Gasteiger partial charge is 0.447 e. The van der Waals surface area contributed by atoms with Gasteiger partial charge in [-0.05, 0) is 42.8 Å². The molecule has 2 fully saturated rings. The minimum atomic E-state index is -1.38. The van der Waals surface area contributed by atoms with E-state index in [2.05, 4.69) is 15.5 Å². The van der Waals surface area contributed by atoms with Crippen molar-refractivity contribution in [2.24, 2.45) is 0 Å². The van der Waals surface area contributed by atoms with Gasteiger partial charge in [0.15, 0.2) is 5.78 Å². The Balaban J connectivity index is 1.24. The summed E-state index contributed by atoms with van der Waals surface area (Å²) in [6.45, 7) is 1.61. The molecule has 0 aliphatic carbocycles. The van der Waals surface area contributed by atoms with Gasteiger partial charge in [-0.15, -0.1) is 0 Å². The maximum atomic E-state index is 14.7. The van der Waals surface area contributed by atoms with Crippen molar-refractivity contribution in [2.45, 2.75) is 32.1 Å². The summed E-state index contributed by atoms with van der Waals surface area (Å²) in [6, 6.07) is 13.1. The number of benzene rings is 2. The number of Topliss-reactive ketones (excluding diaryl/α,β-unsaturated/α-hetero) is 1. The van der Waals surface area contributed by atoms with Crippen LogP contribution in [0, 0.1) is 0 Å². The van der Waals surface area contributed by atoms with Gasteiger partial charge in [-0.25, -0.2) is 9.18 Å². The molecule has 3 amide bonds. The normalized spacial score (nSPS) is 18.4. The molecule has 2 aromatic heterocycles. The fraction of sp³-hybridized carbons (Fsp3) is 0.267. The van der Waals surface area contributed by atoms with E-state index in [0.717, 1.165) is 11.1 Å². The van der Waals surface area contributed by atoms with Crippen molar-refractivity contribution >= 4 is 46.0 Å². The molecule has 42 heavy (non-hydrogen) atoms. The molecule has 214 valence electrons. The number of cyclic esters (lactones) is 1. The van der Waals surface area contributed by atoms with Gasteiger partial charge < -0.3 is 19.5 Å². The number of hydrogen-bond donors (Lipinski definition) is 1. The number of halogens is 1. The summed E-state index contributed by atoms with van der Waals surface area (Å²) in [4.78, 5) is 54.2. The lowest BCUT2D eigenvalue weighted by Gasteiger charge is -2.25. The Kier molecular flexibility index (Phi) is 7.11. The minimum Gasteiger partial charge on any atom is -0.447 e. The van der Waals surface area contributed by atoms with Gasteiger partial charge in [0, 0.05) is 34.6 Å². The van der Waals surface area contributed by atoms with E-state index >= 15 is 0 Å². The molecule has 4 heterocycles. The average Bonchev–Trinajstić information content (AvgIpc) is 3.70. The maximum Gasteiger partial charge on any atom is 0.414 e. The quantitative estimate of drug-likeness (QED) is 0.335. The molecule has 0 bridgehead atoms. The molecule has 2 aromatic carbocycles. The molecule has 2 saturated heterocycles. The van der Waals surface area contributed by atoms with Crippen molar-refractivity contribution < 1.29 is 28.3 Å². The molecule has 2 atom stereocenters. The van der Waals surface area contributed by atoms with Gasteiger partial charge in [0.1, 0.15) is 25.4 Å². The number of aromatic nitrogens is 3. The van der Waals surface area contributed by atoms with Crippen molar-refractivity contribution in [3.63, 3.8) is 0 Å². The van der Waals surface area contributed by atoms with E-state index in [-0.39, 0.29) is 31.9 Å². The zero-order valence-corrected chi connectivity index (χ0v) is 22.7. The van der Waals surface area contributed by atoms with Gasteiger partial charge in [-0.3, -0.25) is 19.3 Å². The molecule has 0 saturated carbocycles. The van der Waals surface area contributed by atoms with Crippen molar-refractivity contribution in [1.29, 1.82) is 0 Å². The van der Waals surface area contributed by atoms with Crippen LogP contribution in [0.5, 0.6) is 0 Å². The molecular weight excluding hydrogens is 543 g/mol. The third-order valence-corrected chi connectivity index (χ3v) is 7.57. The second kappa shape index (κ2) is 11.0. The number of ether oxygens (including phenoxy) is 1. The molecule has 1 N–H and O–H groups in total. The molecule has 4 aromatic rings. The first-order chi connectivity index (χ1) is 20.3. The van der Waals surface area contributed by atoms with Crippen molar-refractivity contribution in [3.05, 3.63) is 72.7 Å². The van der Waals surface area contributed by atoms with Crippen LogP contribution in [0.25, 0.3) is 22.0 Å². The molecular formula is C30H27FN6O5. The number of fused-ring (bicyclic) bond motifs is 1. The van der Waals surface area contributed by atoms with Crippen LogP contribution in [0.3, 0.4) is 0 Å². The van der Waals surface area contributed by atoms with Gasteiger partial charge >= 0.3 is 6.09 Å². The molecule has 12 heteroatoms. The Morgan fingerprint density at radius 3 is 2.67 bits per heavy atom. The molecule has 0 radical (unpaired) electrons. The standard InChI is InChI=1S/C30H27FN6O5/c1-18(38)23-16-35(25-7-6-19(12-22(23)25)20-8-9-32-33-14-20)17-28(39)37-15-21(31)13-27(37)29(40)34-24-4-2-3-5-26(24)36-10-11-42-30(36)41/h2-9,12,14,16,21,27H,10-11,13,15,17H2,1H3,(H,34,40)/t21-,27+/m1/s1. The summed E-state index contributed by atoms with van der Waals surface area (Å²) in [5.74, 6) is -1.18. The number of likely N-dealkylation sites (tertiary alicyclic amines) is 1. The number of nitrogens with zero attached hydrogens (tertiary/aromatic N) is 5. The number of carbonyl (C=O) groups is 4. The lowest BCUT2D eigenvalue weighted by Crippen LogP contribution is -2.44. The number of ketones is 1. The minimum absolute atomic E-state index is 0.153. The summed E-state index contributed by atoms with van der Waals surface area (Å²) >= 11 is 0. The monoisotopic (exact) mass is 570 g/mol. The number of alkyl halides is 1. The maximum absolute atomic E-state index is 14.7. The average molecular weight is 571 g/mol. The number of para-hydroxylation sites is 2. The van der Waals surface area contributed by atoms with E-state index in [1.807, 2.05) is 24.3 Å². The van der Waals surface area contributed by atoms with Crippen molar-refractivity contribution in [2.75, 3.05) is 29.9 Å². The summed E-state index contributed by atoms with van der Waals surface area (Å²) in [7, 11) is 0. The van der Waals surface area contributed by atoms with E-state index < -0.39 is 30.1 Å². The highest BCUT2D eigenvalue weighted by molar-refractivity contribution is 6.08. The van der Waals surface area contributed by atoms with Gasteiger partial charge in [0.2, 0.25) is 11.8 Å². The van der Waals surface area contributed by atoms with E-state index in [4.69, 9.17) is 4.74 Å². The Morgan fingerprint density at radius 1 is 1.10 bits per heavy atom. The molecule has 0 unspecified atom stereocenters. The van der Waals surface area contributed by atoms with Crippen molar-refractivity contribution in [1.82, 2.24) is 19.7 Å². The first-order valence-electron chi connectivity index (χ1n) is 13.5. The second-order valence-corrected chi connectivity index (χ2v) is 10.3. The van der Waals surface area contributed by atoms with Gasteiger partial charge in [-0.2, -0.15) is 10.2 Å². The Labute approximate surface area is 239 Å². The van der Waals surface area contributed by atoms with Gasteiger partial charge in [0.05, 0.1) is 36.9 Å². The van der Waals surface area contributed by atoms with E-state index in [1.165, 1.54) is 16.7 Å². The van der Waals surface area contributed by atoms with Crippen LogP contribution in [0.4, 0.5) is 20.6 Å². The molecule has 11 nitrogen and oxygen atoms in total. The van der Waals surface area contributed by atoms with Crippen LogP contribution in [0.1, 0.15) is 23.7 Å². The molecule has 2 aliphatic heterocycles. The van der Waals surface area contributed by atoms with E-state index in [9.17, 15) is 23.6 Å². The SMILES string of the molecule is CC(=O)c1cn(CC(=O)N2C[C@H](F)C[C@H]2C(=O)Nc2ccccc2N2CCOC2=O)c2ccc(-c3ccnnc3)cc12. The zero-order valence-electron chi connectivity index (χ0n) is 22.7. The highest BCUT2D eigenvalue weighted by Crippen LogP contribution is 2.31. The fourth-order valence-electron chi connectivity index (χ4n) is 5.54. The number of amides is 3. The predicted octanol–water partition coefficient (Wildman–Crippen LogP) is 3.84. The van der Waals surface area contributed by atoms with Crippen LogP contribution in [-0.4, -0.2) is 75.3 Å². The zero-order chi connectivity index (χ0) is 29.4. The number of nitrogens with one attached hydrogen (secondary N) is 1. The highest BCUT2D eigenvalue weighted by atomic mass is 19.1. The Bertz CT molecular complexity index is 1710. The first kappa shape index (κ1) is 27.1. The molecule has 6 rings (SSSR count). The second-order valence-electron chi connectivity index (χ2n) is 10.3. The van der Waals surface area contributed by atoms with E-state index in [1.54, 1.807) is 47.4 Å². The van der Waals surface area contributed by atoms with Gasteiger partial charge in [0.25, 0.3) is 0 Å². The van der Waals surface area contributed by atoms with Crippen LogP contribution in [0.2, 0.25) is 0 Å². The van der Waals surface area contributed by atoms with Gasteiger partial charge in [-0.1, -0.05) is 18.2 Å². The van der Waals surface area contributed by atoms with E-state index in [0.29, 0.717) is 34.4 Å². The molecule has 0 spiro atoms. The van der Waals surface area contributed by atoms with Crippen LogP contribution in [-0.2, 0) is 20.9 Å². The predicted molar refractivity (Wildman–Crippen MR) is 152 cm³/mol. The first-order valence-corrected chi connectivity index (χ1v) is 13.5. The topological polar surface area (TPSA) is 127 Å². The third kappa shape index (κ3) is 5.06. The number of anilines is 2. The summed E-state index contributed by atoms with van der Waals surface area (Å²) in [5.41, 5.74) is 3.58. The van der Waals surface area contributed by atoms with Crippen LogP contribution in [0.15, 0.2) is 67.1 Å². The van der Waals surface area contributed by atoms with Crippen molar-refractivity contribution in [3.8, 4) is 11.1 Å². The highest BCUT2D eigenvalue weighted by Gasteiger charge is 2.40. The smallest absolute Gasteiger partial charge is 0.414 e. The summed E-state index contributed by atoms with van der Waals surface area (Å²) < 4.78 is 21.3. The number of rotatable bonds is 7. The summed E-state index contributed by atoms with van der Waals surface area (Å²) in [6.07, 6.45) is 2.76. The Morgan fingerprint density at radius 2 is 1.93 bits per heavy atom. The fourth-order valence-corrected chi connectivity index (χ4v) is 5.54. The number of hydrogen-bond acceptors (Lipinski definition) is 7. The summed E-state index contributed by atoms with van der Waals surface area (Å²) in [5, 5.41) is 11.2. The van der Waals surface area contributed by atoms with Crippen LogP contribution < -0.4 is 10.2 Å². The lowest BCUT2D eigenvalue weighted by molar-refractivity contribution is -0.137. The lowest BCUT2D eigenvalue weighted by atomic mass is 10.0. The Hall–Kier alpha value is -5.13. The number of carbonyl (C=O) groups excluding carboxylic acids is 4. The van der Waals surface area contributed by atoms with Crippen LogP contribution >= 0.6 is 0 Å². The molecule has 2 aliphatic rings. The third-order valence-electron chi connectivity index (χ3n) is 7.57.